The lowest BCUT2D eigenvalue weighted by Crippen LogP contribution is -2.46. The smallest absolute Gasteiger partial charge is 0.290 e. The van der Waals surface area contributed by atoms with Crippen molar-refractivity contribution in [2.75, 3.05) is 45.9 Å². The summed E-state index contributed by atoms with van der Waals surface area (Å²) in [5.41, 5.74) is 1.76. The van der Waals surface area contributed by atoms with Crippen LogP contribution in [0.4, 0.5) is 0 Å². The molecule has 6 rings (SSSR count). The average Bonchev–Trinajstić information content (AvgIpc) is 3.83. The summed E-state index contributed by atoms with van der Waals surface area (Å²) in [5, 5.41) is 16.9. The molecule has 4 heterocycles. The van der Waals surface area contributed by atoms with Crippen LogP contribution in [0.25, 0.3) is 0 Å². The number of carboxylic acid groups (broad SMARTS) is 2. The predicted molar refractivity (Wildman–Crippen MR) is 195 cm³/mol. The van der Waals surface area contributed by atoms with Crippen molar-refractivity contribution < 1.29 is 43.7 Å². The van der Waals surface area contributed by atoms with E-state index >= 15 is 0 Å². The number of likely N-dealkylation sites (tertiary alicyclic amines) is 1. The Bertz CT molecular complexity index is 1630. The molecule has 3 N–H and O–H groups in total. The number of carbonyl (C=O) groups excluding carboxylic acids is 3. The maximum atomic E-state index is 14.0. The molecule has 53 heavy (non-hydrogen) atoms. The number of benzene rings is 2. The van der Waals surface area contributed by atoms with Gasteiger partial charge in [0.1, 0.15) is 25.1 Å². The zero-order chi connectivity index (χ0) is 38.0. The number of aryl methyl sites for hydroxylation is 2. The molecule has 2 bridgehead atoms. The number of carbonyl (C=O) groups is 5. The van der Waals surface area contributed by atoms with Crippen LogP contribution in [-0.4, -0.2) is 123 Å². The molecule has 1 aromatic heterocycles. The second kappa shape index (κ2) is 21.2. The van der Waals surface area contributed by atoms with E-state index in [1.165, 1.54) is 0 Å². The Hall–Kier alpha value is -5.44. The number of fused-ring (bicyclic) bond motifs is 3. The van der Waals surface area contributed by atoms with E-state index in [1.807, 2.05) is 59.0 Å². The minimum atomic E-state index is -0.610. The Morgan fingerprint density at radius 2 is 1.66 bits per heavy atom. The summed E-state index contributed by atoms with van der Waals surface area (Å²) in [5.74, 6) is 2.20. The quantitative estimate of drug-likeness (QED) is 0.304. The summed E-state index contributed by atoms with van der Waals surface area (Å²) < 4.78 is 13.5. The highest BCUT2D eigenvalue weighted by molar-refractivity contribution is 5.95. The molecule has 2 aromatic carbocycles. The molecule has 2 saturated heterocycles. The van der Waals surface area contributed by atoms with Gasteiger partial charge < -0.3 is 39.4 Å². The number of imidazole rings is 1. The monoisotopic (exact) mass is 734 g/mol. The first-order chi connectivity index (χ1) is 25.8. The van der Waals surface area contributed by atoms with Gasteiger partial charge in [0.15, 0.2) is 11.5 Å². The summed E-state index contributed by atoms with van der Waals surface area (Å²) in [4.78, 5) is 68.5. The summed E-state index contributed by atoms with van der Waals surface area (Å²) >= 11 is 0. The minimum Gasteiger partial charge on any atom is -0.486 e. The molecule has 3 aliphatic rings. The maximum Gasteiger partial charge on any atom is 0.290 e. The van der Waals surface area contributed by atoms with Gasteiger partial charge in [-0.25, -0.2) is 4.98 Å². The van der Waals surface area contributed by atoms with Gasteiger partial charge in [0.25, 0.3) is 18.9 Å². The predicted octanol–water partition coefficient (Wildman–Crippen LogP) is 2.92. The summed E-state index contributed by atoms with van der Waals surface area (Å²) in [6.45, 7) is 6.98. The van der Waals surface area contributed by atoms with E-state index < -0.39 is 6.04 Å². The van der Waals surface area contributed by atoms with Gasteiger partial charge >= 0.3 is 0 Å². The Labute approximate surface area is 309 Å². The summed E-state index contributed by atoms with van der Waals surface area (Å²) in [7, 11) is 0. The number of nitrogens with zero attached hydrogens (tertiary/aromatic N) is 5. The van der Waals surface area contributed by atoms with Crippen LogP contribution in [0.3, 0.4) is 0 Å². The molecule has 2 atom stereocenters. The fourth-order valence-corrected chi connectivity index (χ4v) is 6.95. The first kappa shape index (κ1) is 40.3. The second-order valence-electron chi connectivity index (χ2n) is 12.8. The van der Waals surface area contributed by atoms with E-state index in [9.17, 15) is 14.4 Å². The van der Waals surface area contributed by atoms with Crippen molar-refractivity contribution in [1.29, 1.82) is 0 Å². The number of amides is 3. The molecule has 0 unspecified atom stereocenters. The van der Waals surface area contributed by atoms with Crippen LogP contribution in [-0.2, 0) is 38.7 Å². The van der Waals surface area contributed by atoms with E-state index in [0.29, 0.717) is 51.4 Å². The molecule has 0 spiro atoms. The van der Waals surface area contributed by atoms with Gasteiger partial charge in [-0.1, -0.05) is 31.2 Å². The fourth-order valence-electron chi connectivity index (χ4n) is 6.95. The Balaban J connectivity index is 0.000000980. The summed E-state index contributed by atoms with van der Waals surface area (Å²) in [6, 6.07) is 14.6. The third kappa shape index (κ3) is 11.5. The van der Waals surface area contributed by atoms with E-state index in [0.717, 1.165) is 68.2 Å². The molecule has 15 heteroatoms. The molecule has 0 radical (unpaired) electrons. The van der Waals surface area contributed by atoms with E-state index in [1.54, 1.807) is 11.1 Å². The van der Waals surface area contributed by atoms with Gasteiger partial charge in [0, 0.05) is 70.1 Å². The van der Waals surface area contributed by atoms with Crippen molar-refractivity contribution in [1.82, 2.24) is 29.6 Å². The van der Waals surface area contributed by atoms with E-state index in [2.05, 4.69) is 27.3 Å². The zero-order valence-corrected chi connectivity index (χ0v) is 30.2. The van der Waals surface area contributed by atoms with Crippen molar-refractivity contribution in [2.45, 2.75) is 70.6 Å². The Morgan fingerprint density at radius 1 is 0.943 bits per heavy atom. The normalized spacial score (nSPS) is 18.9. The van der Waals surface area contributed by atoms with E-state index in [-0.39, 0.29) is 43.1 Å². The topological polar surface area (TPSA) is 184 Å². The van der Waals surface area contributed by atoms with Crippen molar-refractivity contribution in [3.63, 3.8) is 0 Å². The SMILES string of the molecule is CCc1nccn1CCC(=O)N1C[C@@H]2C[C@H]1C(=O)NCCCCN(Cc1ccc3c(c1)OCCO3)CCCN2C(=O)c1ccccc1.O=CO.O=CO. The van der Waals surface area contributed by atoms with Gasteiger partial charge in [0.05, 0.1) is 6.04 Å². The van der Waals surface area contributed by atoms with Gasteiger partial charge in [-0.3, -0.25) is 28.9 Å². The van der Waals surface area contributed by atoms with Crippen molar-refractivity contribution in [3.05, 3.63) is 77.9 Å². The number of hydrogen-bond donors (Lipinski definition) is 3. The Morgan fingerprint density at radius 3 is 2.40 bits per heavy atom. The van der Waals surface area contributed by atoms with Crippen LogP contribution >= 0.6 is 0 Å². The zero-order valence-electron chi connectivity index (χ0n) is 30.2. The van der Waals surface area contributed by atoms with Gasteiger partial charge in [-0.15, -0.1) is 0 Å². The second-order valence-corrected chi connectivity index (χ2v) is 12.8. The van der Waals surface area contributed by atoms with Crippen molar-refractivity contribution in [2.24, 2.45) is 0 Å². The van der Waals surface area contributed by atoms with E-state index in [4.69, 9.17) is 29.3 Å². The third-order valence-electron chi connectivity index (χ3n) is 9.40. The van der Waals surface area contributed by atoms with Crippen LogP contribution in [0.15, 0.2) is 60.9 Å². The standard InChI is InChI=1S/C36H46N6O5.2CH2O2/c1-2-33-37-15-20-40(33)19-13-34(43)42-26-29-24-30(42)35(44)38-14-6-7-16-39(25-27-11-12-31-32(23-27)47-22-21-46-31)17-8-18-41(29)36(45)28-9-4-3-5-10-28;2*2-1-3/h3-5,9-12,15,20,23,29-30H,2,6-8,13-14,16-19,21-22,24-26H2,1H3,(H,38,44);2*1H,(H,2,3)/t29-,30-;;/m0../s1. The first-order valence-electron chi connectivity index (χ1n) is 18.0. The Kier molecular flexibility index (Phi) is 16.1. The molecule has 15 nitrogen and oxygen atoms in total. The maximum absolute atomic E-state index is 14.0. The molecule has 2 fully saturated rings. The number of rotatable bonds is 7. The number of aromatic nitrogens is 2. The largest absolute Gasteiger partial charge is 0.486 e. The van der Waals surface area contributed by atoms with Crippen LogP contribution in [0.5, 0.6) is 11.5 Å². The number of hydrogen-bond acceptors (Lipinski definition) is 9. The lowest BCUT2D eigenvalue weighted by Gasteiger charge is -2.31. The molecule has 3 amide bonds. The van der Waals surface area contributed by atoms with Crippen LogP contribution in [0.1, 0.15) is 60.8 Å². The molecule has 0 saturated carbocycles. The van der Waals surface area contributed by atoms with Crippen molar-refractivity contribution in [3.8, 4) is 11.5 Å². The lowest BCUT2D eigenvalue weighted by molar-refractivity contribution is -0.138. The molecule has 0 aliphatic carbocycles. The fraction of sp³-hybridized carbons (Fsp3) is 0.474. The first-order valence-corrected chi connectivity index (χ1v) is 18.0. The highest BCUT2D eigenvalue weighted by atomic mass is 16.6. The number of ether oxygens (including phenoxy) is 2. The molecular formula is C38H50N6O9. The average molecular weight is 735 g/mol. The van der Waals surface area contributed by atoms with Gasteiger partial charge in [-0.2, -0.15) is 0 Å². The highest BCUT2D eigenvalue weighted by Gasteiger charge is 2.43. The van der Waals surface area contributed by atoms with Gasteiger partial charge in [-0.05, 0) is 62.1 Å². The molecular weight excluding hydrogens is 684 g/mol. The van der Waals surface area contributed by atoms with Crippen LogP contribution in [0, 0.1) is 0 Å². The highest BCUT2D eigenvalue weighted by Crippen LogP contribution is 2.31. The van der Waals surface area contributed by atoms with Crippen LogP contribution in [0.2, 0.25) is 0 Å². The number of nitrogens with one attached hydrogen (secondary N) is 1. The lowest BCUT2D eigenvalue weighted by atomic mass is 10.1. The molecule has 3 aliphatic heterocycles. The van der Waals surface area contributed by atoms with Crippen LogP contribution < -0.4 is 14.8 Å². The third-order valence-corrected chi connectivity index (χ3v) is 9.40. The molecule has 286 valence electrons. The minimum absolute atomic E-state index is 0.0689. The summed E-state index contributed by atoms with van der Waals surface area (Å²) in [6.07, 6.45) is 7.63. The molecule has 3 aromatic rings. The van der Waals surface area contributed by atoms with Crippen molar-refractivity contribution >= 4 is 30.7 Å². The van der Waals surface area contributed by atoms with Gasteiger partial charge in [0.2, 0.25) is 11.8 Å².